The molecule has 0 saturated heterocycles. The lowest BCUT2D eigenvalue weighted by molar-refractivity contribution is -0.123. The molecule has 2 rings (SSSR count). The Morgan fingerprint density at radius 2 is 1.30 bits per heavy atom. The Morgan fingerprint density at radius 1 is 0.818 bits per heavy atom. The normalized spacial score (nSPS) is 11.2. The van der Waals surface area contributed by atoms with Gasteiger partial charge in [0.15, 0.2) is 17.6 Å². The number of hydrogen-bond acceptors (Lipinski definition) is 7. The van der Waals surface area contributed by atoms with Gasteiger partial charge in [-0.05, 0) is 64.1 Å². The predicted octanol–water partition coefficient (Wildman–Crippen LogP) is 4.03. The topological polar surface area (TPSA) is 112 Å². The monoisotopic (exact) mass is 458 g/mol. The zero-order chi connectivity index (χ0) is 24.4. The zero-order valence-electron chi connectivity index (χ0n) is 19.5. The fraction of sp³-hybridized carbons (Fsp3) is 0.375. The second-order valence-electron chi connectivity index (χ2n) is 6.90. The van der Waals surface area contributed by atoms with Crippen molar-refractivity contribution in [2.45, 2.75) is 40.7 Å². The van der Waals surface area contributed by atoms with Crippen LogP contribution in [0.25, 0.3) is 0 Å². The fourth-order valence-electron chi connectivity index (χ4n) is 2.87. The summed E-state index contributed by atoms with van der Waals surface area (Å²) in [7, 11) is 0. The number of nitrogens with one attached hydrogen (secondary N) is 2. The Hall–Kier alpha value is -3.75. The van der Waals surface area contributed by atoms with Crippen molar-refractivity contribution in [1.29, 1.82) is 0 Å². The number of carbonyl (C=O) groups excluding carboxylic acids is 3. The zero-order valence-corrected chi connectivity index (χ0v) is 19.5. The number of ether oxygens (including phenoxy) is 4. The maximum atomic E-state index is 12.7. The Balaban J connectivity index is 2.12. The van der Waals surface area contributed by atoms with Gasteiger partial charge in [-0.1, -0.05) is 0 Å². The van der Waals surface area contributed by atoms with Gasteiger partial charge in [-0.3, -0.25) is 9.59 Å². The van der Waals surface area contributed by atoms with Crippen molar-refractivity contribution in [3.63, 3.8) is 0 Å². The third-order valence-corrected chi connectivity index (χ3v) is 4.27. The van der Waals surface area contributed by atoms with E-state index in [4.69, 9.17) is 18.9 Å². The second kappa shape index (κ2) is 12.3. The van der Waals surface area contributed by atoms with Crippen LogP contribution in [0.3, 0.4) is 0 Å². The van der Waals surface area contributed by atoms with Gasteiger partial charge in [0.2, 0.25) is 11.7 Å². The van der Waals surface area contributed by atoms with Crippen molar-refractivity contribution in [2.24, 2.45) is 0 Å². The predicted molar refractivity (Wildman–Crippen MR) is 124 cm³/mol. The molecule has 0 aliphatic rings. The molecule has 0 spiro atoms. The Kier molecular flexibility index (Phi) is 9.53. The minimum absolute atomic E-state index is 0.171. The summed E-state index contributed by atoms with van der Waals surface area (Å²) < 4.78 is 22.2. The highest BCUT2D eigenvalue weighted by molar-refractivity contribution is 5.98. The molecule has 0 bridgehead atoms. The molecule has 2 aromatic rings. The van der Waals surface area contributed by atoms with Gasteiger partial charge in [0, 0.05) is 18.3 Å². The maximum Gasteiger partial charge on any atom is 0.339 e. The van der Waals surface area contributed by atoms with Crippen LogP contribution in [0, 0.1) is 0 Å². The van der Waals surface area contributed by atoms with Crippen LogP contribution in [0.4, 0.5) is 11.4 Å². The van der Waals surface area contributed by atoms with Gasteiger partial charge < -0.3 is 29.6 Å². The maximum absolute atomic E-state index is 12.7. The number of benzene rings is 2. The molecule has 178 valence electrons. The Morgan fingerprint density at radius 3 is 1.76 bits per heavy atom. The molecule has 0 heterocycles. The smallest absolute Gasteiger partial charge is 0.339 e. The lowest BCUT2D eigenvalue weighted by Crippen LogP contribution is -2.30. The minimum atomic E-state index is -1.06. The molecular formula is C24H30N2O7. The van der Waals surface area contributed by atoms with Crippen molar-refractivity contribution in [3.05, 3.63) is 42.0 Å². The van der Waals surface area contributed by atoms with Crippen LogP contribution in [0.1, 0.15) is 45.0 Å². The van der Waals surface area contributed by atoms with Crippen molar-refractivity contribution in [1.82, 2.24) is 0 Å². The van der Waals surface area contributed by atoms with Crippen molar-refractivity contribution in [2.75, 3.05) is 30.5 Å². The van der Waals surface area contributed by atoms with Crippen LogP contribution >= 0.6 is 0 Å². The Bertz CT molecular complexity index is 946. The standard InChI is InChI=1S/C24H30N2O7/c1-6-30-20-13-17(14-21(31-7-2)22(20)32-8-3)24(29)33-15(4)23(28)26-19-11-9-18(10-12-19)25-16(5)27/h9-15H,6-8H2,1-5H3,(H,25,27)(H,26,28). The van der Waals surface area contributed by atoms with E-state index in [0.29, 0.717) is 48.4 Å². The summed E-state index contributed by atoms with van der Waals surface area (Å²) in [4.78, 5) is 36.3. The lowest BCUT2D eigenvalue weighted by atomic mass is 10.1. The molecule has 2 N–H and O–H groups in total. The quantitative estimate of drug-likeness (QED) is 0.489. The van der Waals surface area contributed by atoms with E-state index in [2.05, 4.69) is 10.6 Å². The molecular weight excluding hydrogens is 428 g/mol. The minimum Gasteiger partial charge on any atom is -0.490 e. The average Bonchev–Trinajstić information content (AvgIpc) is 2.77. The van der Waals surface area contributed by atoms with Gasteiger partial charge in [-0.25, -0.2) is 4.79 Å². The summed E-state index contributed by atoms with van der Waals surface area (Å²) in [5, 5.41) is 5.31. The molecule has 0 fully saturated rings. The first-order valence-electron chi connectivity index (χ1n) is 10.7. The summed E-state index contributed by atoms with van der Waals surface area (Å²) in [6, 6.07) is 9.57. The third-order valence-electron chi connectivity index (χ3n) is 4.27. The Labute approximate surface area is 193 Å². The molecule has 0 saturated carbocycles. The third kappa shape index (κ3) is 7.41. The number of carbonyl (C=O) groups is 3. The molecule has 0 radical (unpaired) electrons. The molecule has 9 nitrogen and oxygen atoms in total. The molecule has 0 aliphatic heterocycles. The molecule has 1 unspecified atom stereocenters. The number of amides is 2. The van der Waals surface area contributed by atoms with E-state index in [0.717, 1.165) is 0 Å². The van der Waals surface area contributed by atoms with Crippen LogP contribution < -0.4 is 24.8 Å². The van der Waals surface area contributed by atoms with Gasteiger partial charge in [0.1, 0.15) is 0 Å². The molecule has 9 heteroatoms. The van der Waals surface area contributed by atoms with Gasteiger partial charge in [0.05, 0.1) is 25.4 Å². The number of hydrogen-bond donors (Lipinski definition) is 2. The van der Waals surface area contributed by atoms with Gasteiger partial charge in [-0.2, -0.15) is 0 Å². The summed E-state index contributed by atoms with van der Waals surface area (Å²) in [6.45, 7) is 9.47. The molecule has 1 atom stereocenters. The molecule has 0 aromatic heterocycles. The van der Waals surface area contributed by atoms with Crippen LogP contribution in [0.5, 0.6) is 17.2 Å². The van der Waals surface area contributed by atoms with E-state index >= 15 is 0 Å². The summed E-state index contributed by atoms with van der Waals surface area (Å²) in [5.41, 5.74) is 1.27. The van der Waals surface area contributed by atoms with Crippen molar-refractivity contribution in [3.8, 4) is 17.2 Å². The SMILES string of the molecule is CCOc1cc(C(=O)OC(C)C(=O)Nc2ccc(NC(C)=O)cc2)cc(OCC)c1OCC. The van der Waals surface area contributed by atoms with E-state index in [1.807, 2.05) is 20.8 Å². The molecule has 0 aliphatic carbocycles. The van der Waals surface area contributed by atoms with Crippen molar-refractivity contribution < 1.29 is 33.3 Å². The van der Waals surface area contributed by atoms with Gasteiger partial charge in [0.25, 0.3) is 5.91 Å². The fourth-order valence-corrected chi connectivity index (χ4v) is 2.87. The van der Waals surface area contributed by atoms with Crippen LogP contribution in [0.15, 0.2) is 36.4 Å². The van der Waals surface area contributed by atoms with Crippen molar-refractivity contribution >= 4 is 29.2 Å². The second-order valence-corrected chi connectivity index (χ2v) is 6.90. The lowest BCUT2D eigenvalue weighted by Gasteiger charge is -2.18. The first-order chi connectivity index (χ1) is 15.8. The number of esters is 1. The number of anilines is 2. The van der Waals surface area contributed by atoms with E-state index in [1.54, 1.807) is 24.3 Å². The largest absolute Gasteiger partial charge is 0.490 e. The highest BCUT2D eigenvalue weighted by Crippen LogP contribution is 2.39. The van der Waals surface area contributed by atoms with Gasteiger partial charge in [-0.15, -0.1) is 0 Å². The van der Waals surface area contributed by atoms with Gasteiger partial charge >= 0.3 is 5.97 Å². The molecule has 33 heavy (non-hydrogen) atoms. The number of rotatable bonds is 11. The summed E-state index contributed by atoms with van der Waals surface area (Å²) in [5.74, 6) is -0.282. The first-order valence-corrected chi connectivity index (χ1v) is 10.7. The first kappa shape index (κ1) is 25.5. The molecule has 2 amide bonds. The van der Waals surface area contributed by atoms with Crippen LogP contribution in [-0.4, -0.2) is 43.7 Å². The highest BCUT2D eigenvalue weighted by Gasteiger charge is 2.23. The van der Waals surface area contributed by atoms with E-state index in [1.165, 1.54) is 26.0 Å². The van der Waals surface area contributed by atoms with E-state index in [9.17, 15) is 14.4 Å². The van der Waals surface area contributed by atoms with Crippen LogP contribution in [-0.2, 0) is 14.3 Å². The van der Waals surface area contributed by atoms with E-state index in [-0.39, 0.29) is 11.5 Å². The average molecular weight is 459 g/mol. The highest BCUT2D eigenvalue weighted by atomic mass is 16.6. The van der Waals surface area contributed by atoms with Crippen LogP contribution in [0.2, 0.25) is 0 Å². The summed E-state index contributed by atoms with van der Waals surface area (Å²) >= 11 is 0. The molecule has 2 aromatic carbocycles. The van der Waals surface area contributed by atoms with E-state index < -0.39 is 18.0 Å². The summed E-state index contributed by atoms with van der Waals surface area (Å²) in [6.07, 6.45) is -1.06.